The van der Waals surface area contributed by atoms with Crippen molar-refractivity contribution in [2.24, 2.45) is 0 Å². The Morgan fingerprint density at radius 1 is 1.37 bits per heavy atom. The lowest BCUT2D eigenvalue weighted by molar-refractivity contribution is -0.122. The van der Waals surface area contributed by atoms with E-state index in [1.165, 1.54) is 23.0 Å². The smallest absolute Gasteiger partial charge is 0.322 e. The quantitative estimate of drug-likeness (QED) is 0.579. The summed E-state index contributed by atoms with van der Waals surface area (Å²) in [5.74, 6) is -1.18. The Morgan fingerprint density at radius 2 is 2.19 bits per heavy atom. The fourth-order valence-corrected chi connectivity index (χ4v) is 2.88. The Hall–Kier alpha value is -3.01. The largest absolute Gasteiger partial charge is 0.354 e. The van der Waals surface area contributed by atoms with E-state index in [0.717, 1.165) is 0 Å². The summed E-state index contributed by atoms with van der Waals surface area (Å²) in [4.78, 5) is 34.6. The van der Waals surface area contributed by atoms with Crippen molar-refractivity contribution in [3.63, 3.8) is 0 Å². The van der Waals surface area contributed by atoms with Crippen LogP contribution in [0, 0.1) is 5.82 Å². The molecule has 0 bridgehead atoms. The van der Waals surface area contributed by atoms with Crippen LogP contribution in [0.3, 0.4) is 0 Å². The molecule has 0 saturated carbocycles. The third kappa shape index (κ3) is 4.79. The number of halogens is 2. The van der Waals surface area contributed by atoms with Crippen LogP contribution in [-0.2, 0) is 29.0 Å². The van der Waals surface area contributed by atoms with Gasteiger partial charge in [-0.15, -0.1) is 5.10 Å². The molecule has 3 N–H and O–H groups in total. The second-order valence-electron chi connectivity index (χ2n) is 5.93. The van der Waals surface area contributed by atoms with Crippen LogP contribution in [0.5, 0.6) is 0 Å². The topological polar surface area (TPSA) is 118 Å². The lowest BCUT2D eigenvalue weighted by Gasteiger charge is -2.07. The van der Waals surface area contributed by atoms with Gasteiger partial charge in [-0.05, 0) is 18.6 Å². The Bertz CT molecular complexity index is 867. The van der Waals surface area contributed by atoms with Gasteiger partial charge in [-0.25, -0.2) is 13.9 Å². The highest BCUT2D eigenvalue weighted by atomic mass is 35.5. The third-order valence-corrected chi connectivity index (χ3v) is 4.28. The first kappa shape index (κ1) is 18.8. The molecule has 0 unspecified atom stereocenters. The molecule has 142 valence electrons. The first-order chi connectivity index (χ1) is 12.9. The highest BCUT2D eigenvalue weighted by Gasteiger charge is 2.30. The maximum atomic E-state index is 13.7. The third-order valence-electron chi connectivity index (χ3n) is 3.92. The van der Waals surface area contributed by atoms with Crippen LogP contribution in [0.4, 0.5) is 9.18 Å². The van der Waals surface area contributed by atoms with E-state index in [2.05, 4.69) is 26.3 Å². The van der Waals surface area contributed by atoms with Crippen molar-refractivity contribution in [1.82, 2.24) is 30.9 Å². The molecule has 9 nitrogen and oxygen atoms in total. The number of imide groups is 1. The molecular formula is C16H16ClFN6O3. The molecule has 1 aromatic heterocycles. The predicted octanol–water partition coefficient (Wildman–Crippen LogP) is 0.180. The Morgan fingerprint density at radius 3 is 2.89 bits per heavy atom. The normalized spacial score (nSPS) is 16.1. The highest BCUT2D eigenvalue weighted by Crippen LogP contribution is 2.18. The summed E-state index contributed by atoms with van der Waals surface area (Å²) in [6, 6.07) is 3.16. The average Bonchev–Trinajstić information content (AvgIpc) is 3.16. The summed E-state index contributed by atoms with van der Waals surface area (Å²) in [5.41, 5.74) is 0.808. The SMILES string of the molecule is O=C(Cn1cc(C[C@@H]2NC(=O)NC2=O)nn1)NCCc1c(F)cccc1Cl. The molecule has 27 heavy (non-hydrogen) atoms. The molecule has 0 aliphatic carbocycles. The van der Waals surface area contributed by atoms with Crippen molar-refractivity contribution in [2.75, 3.05) is 6.54 Å². The number of aromatic nitrogens is 3. The van der Waals surface area contributed by atoms with E-state index in [-0.39, 0.29) is 31.8 Å². The van der Waals surface area contributed by atoms with Gasteiger partial charge >= 0.3 is 6.03 Å². The monoisotopic (exact) mass is 394 g/mol. The second-order valence-corrected chi connectivity index (χ2v) is 6.33. The minimum atomic E-state index is -0.706. The number of carbonyl (C=O) groups excluding carboxylic acids is 3. The molecule has 11 heteroatoms. The fraction of sp³-hybridized carbons (Fsp3) is 0.312. The van der Waals surface area contributed by atoms with Crippen LogP contribution < -0.4 is 16.0 Å². The summed E-state index contributed by atoms with van der Waals surface area (Å²) >= 11 is 5.94. The van der Waals surface area contributed by atoms with E-state index in [1.807, 2.05) is 0 Å². The zero-order chi connectivity index (χ0) is 19.4. The Labute approximate surface area is 158 Å². The van der Waals surface area contributed by atoms with Crippen molar-refractivity contribution in [1.29, 1.82) is 0 Å². The molecule has 1 saturated heterocycles. The van der Waals surface area contributed by atoms with Crippen LogP contribution in [0.25, 0.3) is 0 Å². The zero-order valence-corrected chi connectivity index (χ0v) is 14.8. The molecule has 1 aliphatic rings. The van der Waals surface area contributed by atoms with Gasteiger partial charge in [-0.3, -0.25) is 14.9 Å². The van der Waals surface area contributed by atoms with Crippen LogP contribution in [0.1, 0.15) is 11.3 Å². The number of rotatable bonds is 7. The predicted molar refractivity (Wildman–Crippen MR) is 92.3 cm³/mol. The fourth-order valence-electron chi connectivity index (χ4n) is 2.62. The maximum absolute atomic E-state index is 13.7. The van der Waals surface area contributed by atoms with Crippen molar-refractivity contribution in [3.05, 3.63) is 46.5 Å². The molecule has 2 heterocycles. The Balaban J connectivity index is 1.47. The first-order valence-electron chi connectivity index (χ1n) is 8.12. The number of hydrogen-bond acceptors (Lipinski definition) is 5. The van der Waals surface area contributed by atoms with Crippen molar-refractivity contribution < 1.29 is 18.8 Å². The number of amides is 4. The molecule has 1 aliphatic heterocycles. The number of carbonyl (C=O) groups is 3. The van der Waals surface area contributed by atoms with Crippen LogP contribution in [0.15, 0.2) is 24.4 Å². The Kier molecular flexibility index (Phi) is 5.65. The van der Waals surface area contributed by atoms with Crippen LogP contribution >= 0.6 is 11.6 Å². The van der Waals surface area contributed by atoms with Gasteiger partial charge in [-0.1, -0.05) is 22.9 Å². The molecule has 1 fully saturated rings. The van der Waals surface area contributed by atoms with Crippen molar-refractivity contribution in [3.8, 4) is 0 Å². The number of nitrogens with one attached hydrogen (secondary N) is 3. The van der Waals surface area contributed by atoms with Gasteiger partial charge < -0.3 is 10.6 Å². The van der Waals surface area contributed by atoms with Gasteiger partial charge in [0.2, 0.25) is 5.91 Å². The summed E-state index contributed by atoms with van der Waals surface area (Å²) in [5, 5.41) is 15.2. The molecule has 1 aromatic carbocycles. The van der Waals surface area contributed by atoms with E-state index in [9.17, 15) is 18.8 Å². The van der Waals surface area contributed by atoms with E-state index in [4.69, 9.17) is 11.6 Å². The lowest BCUT2D eigenvalue weighted by Crippen LogP contribution is -2.31. The van der Waals surface area contributed by atoms with Gasteiger partial charge in [-0.2, -0.15) is 0 Å². The number of nitrogens with zero attached hydrogens (tertiary/aromatic N) is 3. The van der Waals surface area contributed by atoms with Gasteiger partial charge in [0.05, 0.1) is 5.69 Å². The molecule has 0 spiro atoms. The lowest BCUT2D eigenvalue weighted by atomic mass is 10.1. The molecule has 2 aromatic rings. The van der Waals surface area contributed by atoms with E-state index in [1.54, 1.807) is 6.07 Å². The maximum Gasteiger partial charge on any atom is 0.322 e. The molecule has 0 radical (unpaired) electrons. The van der Waals surface area contributed by atoms with Crippen molar-refractivity contribution in [2.45, 2.75) is 25.4 Å². The van der Waals surface area contributed by atoms with Crippen LogP contribution in [-0.4, -0.2) is 45.4 Å². The highest BCUT2D eigenvalue weighted by molar-refractivity contribution is 6.31. The van der Waals surface area contributed by atoms with E-state index >= 15 is 0 Å². The van der Waals surface area contributed by atoms with Gasteiger partial charge in [0.15, 0.2) is 0 Å². The molecule has 1 atom stereocenters. The van der Waals surface area contributed by atoms with Gasteiger partial charge in [0.25, 0.3) is 5.91 Å². The van der Waals surface area contributed by atoms with Gasteiger partial charge in [0, 0.05) is 29.7 Å². The second kappa shape index (κ2) is 8.12. The summed E-state index contributed by atoms with van der Waals surface area (Å²) < 4.78 is 15.0. The minimum absolute atomic E-state index is 0.0821. The molecule has 4 amide bonds. The first-order valence-corrected chi connectivity index (χ1v) is 8.50. The standard InChI is InChI=1S/C16H16ClFN6O3/c17-11-2-1-3-12(18)10(11)4-5-19-14(25)8-24-7-9(22-23-24)6-13-15(26)21-16(27)20-13/h1-3,7,13H,4-6,8H2,(H,19,25)(H2,20,21,26,27)/t13-/m0/s1. The molecular weight excluding hydrogens is 379 g/mol. The van der Waals surface area contributed by atoms with Crippen LogP contribution in [0.2, 0.25) is 5.02 Å². The zero-order valence-electron chi connectivity index (χ0n) is 14.0. The minimum Gasteiger partial charge on any atom is -0.354 e. The summed E-state index contributed by atoms with van der Waals surface area (Å²) in [7, 11) is 0. The average molecular weight is 395 g/mol. The number of benzene rings is 1. The van der Waals surface area contributed by atoms with Crippen molar-refractivity contribution >= 4 is 29.4 Å². The number of urea groups is 1. The summed E-state index contributed by atoms with van der Waals surface area (Å²) in [6.07, 6.45) is 1.95. The van der Waals surface area contributed by atoms with E-state index in [0.29, 0.717) is 16.3 Å². The van der Waals surface area contributed by atoms with E-state index < -0.39 is 23.8 Å². The van der Waals surface area contributed by atoms with Gasteiger partial charge in [0.1, 0.15) is 18.4 Å². The summed E-state index contributed by atoms with van der Waals surface area (Å²) in [6.45, 7) is 0.135. The number of hydrogen-bond donors (Lipinski definition) is 3. The molecule has 3 rings (SSSR count).